The summed E-state index contributed by atoms with van der Waals surface area (Å²) in [7, 11) is -3.08. The van der Waals surface area contributed by atoms with E-state index in [9.17, 15) is 13.2 Å². The van der Waals surface area contributed by atoms with Gasteiger partial charge in [0.05, 0.1) is 23.1 Å². The van der Waals surface area contributed by atoms with Gasteiger partial charge >= 0.3 is 0 Å². The number of hydrogen-bond donors (Lipinski definition) is 2. The molecule has 8 heteroatoms. The van der Waals surface area contributed by atoms with Crippen molar-refractivity contribution < 1.29 is 13.2 Å². The number of nitrogens with two attached hydrogens (primary N) is 1. The largest absolute Gasteiger partial charge is 0.389 e. The van der Waals surface area contributed by atoms with Gasteiger partial charge in [0.15, 0.2) is 9.84 Å². The van der Waals surface area contributed by atoms with E-state index in [2.05, 4.69) is 21.2 Å². The third-order valence-corrected chi connectivity index (χ3v) is 5.59. The van der Waals surface area contributed by atoms with E-state index in [1.165, 1.54) is 0 Å². The molecule has 1 aromatic carbocycles. The summed E-state index contributed by atoms with van der Waals surface area (Å²) >= 11 is 8.25. The number of sulfone groups is 1. The first-order valence-corrected chi connectivity index (χ1v) is 8.91. The van der Waals surface area contributed by atoms with Gasteiger partial charge in [0.1, 0.15) is 4.99 Å². The highest BCUT2D eigenvalue weighted by Crippen LogP contribution is 2.24. The summed E-state index contributed by atoms with van der Waals surface area (Å²) in [5.41, 5.74) is 6.66. The molecule has 0 spiro atoms. The molecular formula is C12H13BrN2O3S2. The lowest BCUT2D eigenvalue weighted by Gasteiger charge is -2.13. The van der Waals surface area contributed by atoms with E-state index in [1.807, 2.05) is 0 Å². The highest BCUT2D eigenvalue weighted by Gasteiger charge is 2.33. The molecule has 2 rings (SSSR count). The van der Waals surface area contributed by atoms with Gasteiger partial charge in [-0.2, -0.15) is 0 Å². The van der Waals surface area contributed by atoms with Gasteiger partial charge in [0.25, 0.3) is 0 Å². The van der Waals surface area contributed by atoms with Crippen LogP contribution in [0.2, 0.25) is 0 Å². The molecule has 1 aliphatic heterocycles. The summed E-state index contributed by atoms with van der Waals surface area (Å²) in [6.45, 7) is 0. The minimum atomic E-state index is -3.08. The van der Waals surface area contributed by atoms with Crippen LogP contribution < -0.4 is 11.1 Å². The van der Waals surface area contributed by atoms with Gasteiger partial charge in [-0.1, -0.05) is 28.1 Å². The van der Waals surface area contributed by atoms with Crippen molar-refractivity contribution in [3.05, 3.63) is 28.2 Å². The fourth-order valence-corrected chi connectivity index (χ4v) is 4.34. The maximum absolute atomic E-state index is 12.1. The lowest BCUT2D eigenvalue weighted by Crippen LogP contribution is -2.25. The van der Waals surface area contributed by atoms with Gasteiger partial charge in [-0.3, -0.25) is 4.79 Å². The molecule has 20 heavy (non-hydrogen) atoms. The number of carbonyl (C=O) groups is 1. The van der Waals surface area contributed by atoms with E-state index in [0.717, 1.165) is 4.47 Å². The van der Waals surface area contributed by atoms with Crippen LogP contribution >= 0.6 is 28.1 Å². The quantitative estimate of drug-likeness (QED) is 0.779. The first-order chi connectivity index (χ1) is 9.28. The Morgan fingerprint density at radius 3 is 2.70 bits per heavy atom. The predicted octanol–water partition coefficient (Wildman–Crippen LogP) is 1.46. The zero-order chi connectivity index (χ0) is 14.9. The van der Waals surface area contributed by atoms with Gasteiger partial charge in [-0.25, -0.2) is 8.42 Å². The third-order valence-electron chi connectivity index (χ3n) is 3.11. The normalized spacial score (nSPS) is 20.6. The minimum Gasteiger partial charge on any atom is -0.389 e. The second kappa shape index (κ2) is 5.79. The molecule has 1 unspecified atom stereocenters. The number of nitrogens with one attached hydrogen (secondary N) is 1. The Morgan fingerprint density at radius 2 is 2.15 bits per heavy atom. The molecule has 5 nitrogen and oxygen atoms in total. The summed E-state index contributed by atoms with van der Waals surface area (Å²) < 4.78 is 23.6. The van der Waals surface area contributed by atoms with Crippen LogP contribution in [0.15, 0.2) is 22.7 Å². The molecule has 0 saturated carbocycles. The van der Waals surface area contributed by atoms with E-state index in [0.29, 0.717) is 17.7 Å². The fourth-order valence-electron chi connectivity index (χ4n) is 2.07. The maximum atomic E-state index is 12.1. The summed E-state index contributed by atoms with van der Waals surface area (Å²) in [4.78, 5) is 12.3. The number of rotatable bonds is 3. The first-order valence-electron chi connectivity index (χ1n) is 5.89. The monoisotopic (exact) mass is 376 g/mol. The molecule has 1 saturated heterocycles. The van der Waals surface area contributed by atoms with Crippen LogP contribution in [0.25, 0.3) is 0 Å². The summed E-state index contributed by atoms with van der Waals surface area (Å²) in [6, 6.07) is 5.14. The number of amides is 1. The first kappa shape index (κ1) is 15.4. The summed E-state index contributed by atoms with van der Waals surface area (Å²) in [5, 5.41) is 2.71. The molecule has 1 aliphatic rings. The number of hydrogen-bond acceptors (Lipinski definition) is 4. The molecule has 1 aromatic rings. The van der Waals surface area contributed by atoms with Crippen molar-refractivity contribution >= 4 is 54.6 Å². The smallest absolute Gasteiger partial charge is 0.228 e. The van der Waals surface area contributed by atoms with Crippen LogP contribution in [0.1, 0.15) is 12.0 Å². The number of benzene rings is 1. The number of anilines is 1. The van der Waals surface area contributed by atoms with Crippen molar-refractivity contribution in [2.75, 3.05) is 16.8 Å². The van der Waals surface area contributed by atoms with Crippen molar-refractivity contribution in [3.8, 4) is 0 Å². The summed E-state index contributed by atoms with van der Waals surface area (Å²) in [5.74, 6) is -0.862. The van der Waals surface area contributed by atoms with E-state index < -0.39 is 15.8 Å². The standard InChI is InChI=1S/C12H13BrN2O3S2/c13-8-1-2-10(9(5-8)11(14)19)15-12(16)7-3-4-20(17,18)6-7/h1-2,5,7H,3-4,6H2,(H2,14,19)(H,15,16). The number of carbonyl (C=O) groups excluding carboxylic acids is 1. The average molecular weight is 377 g/mol. The SMILES string of the molecule is NC(=S)c1cc(Br)ccc1NC(=O)C1CCS(=O)(=O)C1. The minimum absolute atomic E-state index is 0.0631. The lowest BCUT2D eigenvalue weighted by atomic mass is 10.1. The molecule has 108 valence electrons. The lowest BCUT2D eigenvalue weighted by molar-refractivity contribution is -0.119. The van der Waals surface area contributed by atoms with Gasteiger partial charge in [-0.05, 0) is 24.6 Å². The molecule has 0 aliphatic carbocycles. The molecular weight excluding hydrogens is 364 g/mol. The van der Waals surface area contributed by atoms with Gasteiger partial charge in [0.2, 0.25) is 5.91 Å². The molecule has 1 atom stereocenters. The zero-order valence-electron chi connectivity index (χ0n) is 10.4. The van der Waals surface area contributed by atoms with E-state index in [-0.39, 0.29) is 22.4 Å². The third kappa shape index (κ3) is 3.56. The predicted molar refractivity (Wildman–Crippen MR) is 85.4 cm³/mol. The number of thiocarbonyl (C=S) groups is 1. The van der Waals surface area contributed by atoms with Crippen molar-refractivity contribution in [1.29, 1.82) is 0 Å². The van der Waals surface area contributed by atoms with Crippen LogP contribution in [0.4, 0.5) is 5.69 Å². The second-order valence-electron chi connectivity index (χ2n) is 4.64. The molecule has 0 aromatic heterocycles. The van der Waals surface area contributed by atoms with Crippen LogP contribution in [-0.4, -0.2) is 30.8 Å². The Kier molecular flexibility index (Phi) is 4.46. The molecule has 1 amide bonds. The molecule has 0 radical (unpaired) electrons. The molecule has 0 bridgehead atoms. The van der Waals surface area contributed by atoms with Crippen LogP contribution in [-0.2, 0) is 14.6 Å². The van der Waals surface area contributed by atoms with Crippen molar-refractivity contribution in [2.24, 2.45) is 11.7 Å². The Bertz CT molecular complexity index is 673. The van der Waals surface area contributed by atoms with Crippen molar-refractivity contribution in [2.45, 2.75) is 6.42 Å². The van der Waals surface area contributed by atoms with E-state index in [4.69, 9.17) is 18.0 Å². The van der Waals surface area contributed by atoms with Crippen molar-refractivity contribution in [3.63, 3.8) is 0 Å². The molecule has 1 fully saturated rings. The topological polar surface area (TPSA) is 89.3 Å². The van der Waals surface area contributed by atoms with Gasteiger partial charge in [-0.15, -0.1) is 0 Å². The highest BCUT2D eigenvalue weighted by molar-refractivity contribution is 9.10. The average Bonchev–Trinajstić information content (AvgIpc) is 2.71. The maximum Gasteiger partial charge on any atom is 0.228 e. The zero-order valence-corrected chi connectivity index (χ0v) is 13.6. The second-order valence-corrected chi connectivity index (χ2v) is 8.23. The fraction of sp³-hybridized carbons (Fsp3) is 0.333. The molecule has 1 heterocycles. The van der Waals surface area contributed by atoms with Crippen LogP contribution in [0.3, 0.4) is 0 Å². The van der Waals surface area contributed by atoms with Crippen molar-refractivity contribution in [1.82, 2.24) is 0 Å². The Hall–Kier alpha value is -0.990. The van der Waals surface area contributed by atoms with Gasteiger partial charge < -0.3 is 11.1 Å². The van der Waals surface area contributed by atoms with E-state index >= 15 is 0 Å². The highest BCUT2D eigenvalue weighted by atomic mass is 79.9. The Morgan fingerprint density at radius 1 is 1.45 bits per heavy atom. The Labute approximate surface area is 131 Å². The van der Waals surface area contributed by atoms with Crippen LogP contribution in [0, 0.1) is 5.92 Å². The molecule has 3 N–H and O–H groups in total. The summed E-state index contributed by atoms with van der Waals surface area (Å²) in [6.07, 6.45) is 0.354. The van der Waals surface area contributed by atoms with E-state index in [1.54, 1.807) is 18.2 Å². The van der Waals surface area contributed by atoms with Crippen LogP contribution in [0.5, 0.6) is 0 Å². The Balaban J connectivity index is 2.18. The number of halogens is 1. The van der Waals surface area contributed by atoms with Gasteiger partial charge in [0, 0.05) is 10.0 Å².